The van der Waals surface area contributed by atoms with Crippen molar-refractivity contribution in [3.8, 4) is 23.4 Å². The van der Waals surface area contributed by atoms with Crippen LogP contribution in [0.25, 0.3) is 17.3 Å². The summed E-state index contributed by atoms with van der Waals surface area (Å²) in [6.45, 7) is 9.83. The van der Waals surface area contributed by atoms with E-state index >= 15 is 0 Å². The molecule has 2 aliphatic carbocycles. The van der Waals surface area contributed by atoms with Crippen molar-refractivity contribution in [2.45, 2.75) is 83.2 Å². The standard InChI is InChI=1S/C32H40N9OS/c1-20(2)39-12-7-13-41(21(3)18-39)26-16-25(40-15-14-38(4)19-40)35-31(36-26)28-22-8-5-10-32(29(22)42-37-28)11-6-9-24-27(32)23(17-33)30(34)43-24/h14-16,19-21H,5-13,18,34H2,1-4H3/q+1/t21-,32-/m0/s1. The molecule has 0 aromatic carbocycles. The van der Waals surface area contributed by atoms with E-state index in [1.165, 1.54) is 4.88 Å². The first-order valence-electron chi connectivity index (χ1n) is 15.5. The fraction of sp³-hybridized carbons (Fsp3) is 0.531. The number of fused-ring (bicyclic) bond motifs is 4. The molecule has 2 atom stereocenters. The third-order valence-corrected chi connectivity index (χ3v) is 10.8. The van der Waals surface area contributed by atoms with Crippen LogP contribution in [0.4, 0.5) is 10.8 Å². The average Bonchev–Trinajstić information content (AvgIpc) is 3.67. The first kappa shape index (κ1) is 28.0. The van der Waals surface area contributed by atoms with E-state index in [0.29, 0.717) is 34.2 Å². The van der Waals surface area contributed by atoms with Crippen LogP contribution in [0.1, 0.15) is 80.2 Å². The number of nitrogens with zero attached hydrogens (tertiary/aromatic N) is 8. The van der Waals surface area contributed by atoms with Crippen LogP contribution in [0.2, 0.25) is 0 Å². The topological polar surface area (TPSA) is 117 Å². The van der Waals surface area contributed by atoms with Crippen molar-refractivity contribution in [3.63, 3.8) is 0 Å². The number of anilines is 2. The molecule has 5 heterocycles. The Morgan fingerprint density at radius 3 is 2.70 bits per heavy atom. The first-order valence-corrected chi connectivity index (χ1v) is 16.3. The second kappa shape index (κ2) is 10.8. The second-order valence-corrected chi connectivity index (χ2v) is 13.9. The molecule has 4 aromatic heterocycles. The number of thiophene rings is 1. The van der Waals surface area contributed by atoms with Gasteiger partial charge in [0.15, 0.2) is 17.3 Å². The normalized spacial score (nSPS) is 22.4. The Morgan fingerprint density at radius 1 is 1.16 bits per heavy atom. The van der Waals surface area contributed by atoms with E-state index in [4.69, 9.17) is 25.4 Å². The lowest BCUT2D eigenvalue weighted by Crippen LogP contribution is -2.41. The van der Waals surface area contributed by atoms with Crippen molar-refractivity contribution < 1.29 is 9.09 Å². The molecule has 0 bridgehead atoms. The minimum absolute atomic E-state index is 0.296. The molecule has 4 aromatic rings. The molecular formula is C32H40N9OS+. The molecule has 0 saturated carbocycles. The second-order valence-electron chi connectivity index (χ2n) is 12.8. The van der Waals surface area contributed by atoms with Gasteiger partial charge in [-0.05, 0) is 71.3 Å². The minimum Gasteiger partial charge on any atom is -0.389 e. The number of hydrogen-bond donors (Lipinski definition) is 1. The van der Waals surface area contributed by atoms with E-state index in [-0.39, 0.29) is 5.41 Å². The molecule has 1 saturated heterocycles. The molecule has 0 unspecified atom stereocenters. The Bertz CT molecular complexity index is 1710. The van der Waals surface area contributed by atoms with Crippen molar-refractivity contribution in [3.05, 3.63) is 52.1 Å². The largest absolute Gasteiger partial charge is 0.389 e. The van der Waals surface area contributed by atoms with Crippen LogP contribution in [-0.4, -0.2) is 56.3 Å². The number of nitriles is 1. The Balaban J connectivity index is 1.36. The molecule has 43 heavy (non-hydrogen) atoms. The number of nitrogen functional groups attached to an aromatic ring is 1. The van der Waals surface area contributed by atoms with Crippen molar-refractivity contribution in [2.75, 3.05) is 30.3 Å². The van der Waals surface area contributed by atoms with Gasteiger partial charge in [0.25, 0.3) is 0 Å². The minimum atomic E-state index is -0.375. The van der Waals surface area contributed by atoms with Crippen LogP contribution < -0.4 is 15.2 Å². The molecule has 1 aliphatic heterocycles. The zero-order valence-electron chi connectivity index (χ0n) is 25.5. The summed E-state index contributed by atoms with van der Waals surface area (Å²) in [5.74, 6) is 3.18. The number of imidazole rings is 1. The highest BCUT2D eigenvalue weighted by atomic mass is 32.1. The molecule has 1 spiro atoms. The Morgan fingerprint density at radius 2 is 1.95 bits per heavy atom. The van der Waals surface area contributed by atoms with Crippen LogP contribution in [0.5, 0.6) is 0 Å². The molecule has 10 nitrogen and oxygen atoms in total. The average molecular weight is 599 g/mol. The van der Waals surface area contributed by atoms with E-state index < -0.39 is 0 Å². The summed E-state index contributed by atoms with van der Waals surface area (Å²) in [6, 6.07) is 5.32. The monoisotopic (exact) mass is 598 g/mol. The van der Waals surface area contributed by atoms with Gasteiger partial charge in [0.1, 0.15) is 29.3 Å². The third kappa shape index (κ3) is 4.62. The van der Waals surface area contributed by atoms with Gasteiger partial charge in [-0.1, -0.05) is 5.16 Å². The number of rotatable bonds is 4. The summed E-state index contributed by atoms with van der Waals surface area (Å²) in [5.41, 5.74) is 9.48. The smallest absolute Gasteiger partial charge is 0.250 e. The summed E-state index contributed by atoms with van der Waals surface area (Å²) in [4.78, 5) is 16.5. The van der Waals surface area contributed by atoms with E-state index in [1.807, 2.05) is 34.9 Å². The molecular weight excluding hydrogens is 558 g/mol. The van der Waals surface area contributed by atoms with Crippen LogP contribution in [-0.2, 0) is 25.3 Å². The lowest BCUT2D eigenvalue weighted by Gasteiger charge is -2.39. The van der Waals surface area contributed by atoms with Gasteiger partial charge < -0.3 is 15.2 Å². The quantitative estimate of drug-likeness (QED) is 0.341. The molecule has 2 N–H and O–H groups in total. The fourth-order valence-electron chi connectivity index (χ4n) is 7.61. The van der Waals surface area contributed by atoms with Crippen LogP contribution in [0, 0.1) is 11.3 Å². The molecule has 0 amide bonds. The highest BCUT2D eigenvalue weighted by Gasteiger charge is 2.49. The maximum atomic E-state index is 10.1. The fourth-order valence-corrected chi connectivity index (χ4v) is 8.77. The predicted octanol–water partition coefficient (Wildman–Crippen LogP) is 4.53. The van der Waals surface area contributed by atoms with Gasteiger partial charge in [-0.3, -0.25) is 4.90 Å². The summed E-state index contributed by atoms with van der Waals surface area (Å²) >= 11 is 1.56. The molecule has 7 rings (SSSR count). The van der Waals surface area contributed by atoms with Crippen molar-refractivity contribution in [1.29, 1.82) is 5.26 Å². The summed E-state index contributed by atoms with van der Waals surface area (Å²) in [5, 5.41) is 15.4. The molecule has 3 aliphatic rings. The van der Waals surface area contributed by atoms with Crippen molar-refractivity contribution in [2.24, 2.45) is 7.05 Å². The lowest BCUT2D eigenvalue weighted by atomic mass is 9.63. The van der Waals surface area contributed by atoms with Crippen molar-refractivity contribution in [1.82, 2.24) is 24.6 Å². The Kier molecular flexibility index (Phi) is 7.01. The number of aryl methyl sites for hydroxylation is 2. The van der Waals surface area contributed by atoms with Gasteiger partial charge in [-0.25, -0.2) is 9.55 Å². The third-order valence-electron chi connectivity index (χ3n) is 9.70. The molecule has 0 radical (unpaired) electrons. The summed E-state index contributed by atoms with van der Waals surface area (Å²) in [6.07, 6.45) is 12.8. The number of hydrogen-bond acceptors (Lipinski definition) is 9. The number of nitrogens with two attached hydrogens (primary N) is 1. The molecule has 224 valence electrons. The van der Waals surface area contributed by atoms with E-state index in [1.54, 1.807) is 11.3 Å². The highest BCUT2D eigenvalue weighted by molar-refractivity contribution is 7.16. The molecule has 11 heteroatoms. The van der Waals surface area contributed by atoms with Gasteiger partial charge in [-0.15, -0.1) is 11.3 Å². The van der Waals surface area contributed by atoms with Gasteiger partial charge in [0, 0.05) is 48.2 Å². The van der Waals surface area contributed by atoms with E-state index in [9.17, 15) is 5.26 Å². The van der Waals surface area contributed by atoms with Gasteiger partial charge in [-0.2, -0.15) is 14.8 Å². The zero-order chi connectivity index (χ0) is 29.9. The Labute approximate surface area is 256 Å². The first-order chi connectivity index (χ1) is 20.8. The summed E-state index contributed by atoms with van der Waals surface area (Å²) < 4.78 is 10.4. The zero-order valence-corrected chi connectivity index (χ0v) is 26.3. The Hall–Kier alpha value is -3.75. The number of aromatic nitrogens is 5. The van der Waals surface area contributed by atoms with E-state index in [2.05, 4.69) is 42.7 Å². The van der Waals surface area contributed by atoms with Gasteiger partial charge in [0.2, 0.25) is 12.1 Å². The SMILES string of the molecule is CC(C)N1CCCN(c2cc(-n3cc[n+](C)c3)nc(-c3noc4c3CCC[C@@]43CCCc4sc(N)c(C#N)c43)n2)[C@@H](C)C1. The van der Waals surface area contributed by atoms with Crippen molar-refractivity contribution >= 4 is 22.2 Å². The predicted molar refractivity (Wildman–Crippen MR) is 166 cm³/mol. The van der Waals surface area contributed by atoms with E-state index in [0.717, 1.165) is 93.1 Å². The molecule has 1 fully saturated rings. The summed E-state index contributed by atoms with van der Waals surface area (Å²) in [7, 11) is 2.01. The van der Waals surface area contributed by atoms with Gasteiger partial charge >= 0.3 is 0 Å². The van der Waals surface area contributed by atoms with Crippen LogP contribution in [0.3, 0.4) is 0 Å². The lowest BCUT2D eigenvalue weighted by molar-refractivity contribution is -0.670. The maximum Gasteiger partial charge on any atom is 0.250 e. The highest BCUT2D eigenvalue weighted by Crippen LogP contribution is 2.55. The maximum absolute atomic E-state index is 10.1. The van der Waals surface area contributed by atoms with Crippen LogP contribution in [0.15, 0.2) is 29.3 Å². The van der Waals surface area contributed by atoms with Crippen LogP contribution >= 0.6 is 11.3 Å². The van der Waals surface area contributed by atoms with Gasteiger partial charge in [0.05, 0.1) is 18.0 Å².